The lowest BCUT2D eigenvalue weighted by atomic mass is 10.1. The molecule has 2 aliphatic rings. The Morgan fingerprint density at radius 2 is 2.33 bits per heavy atom. The molecule has 2 aromatic rings. The van der Waals surface area contributed by atoms with E-state index in [1.165, 1.54) is 18.2 Å². The first-order valence-corrected chi connectivity index (χ1v) is 9.68. The average molecular weight is 387 g/mol. The zero-order valence-electron chi connectivity index (χ0n) is 14.5. The van der Waals surface area contributed by atoms with Crippen molar-refractivity contribution in [1.29, 1.82) is 5.26 Å². The van der Waals surface area contributed by atoms with Crippen molar-refractivity contribution < 1.29 is 14.3 Å². The smallest absolute Gasteiger partial charge is 0.322 e. The zero-order chi connectivity index (χ0) is 19.0. The summed E-state index contributed by atoms with van der Waals surface area (Å²) < 4.78 is 15.3. The maximum Gasteiger partial charge on any atom is 0.322 e. The van der Waals surface area contributed by atoms with E-state index in [4.69, 9.17) is 5.26 Å². The second-order valence-corrected chi connectivity index (χ2v) is 7.70. The predicted octanol–water partition coefficient (Wildman–Crippen LogP) is 2.34. The molecule has 2 N–H and O–H groups in total. The van der Waals surface area contributed by atoms with Crippen LogP contribution in [0.15, 0.2) is 23.2 Å². The summed E-state index contributed by atoms with van der Waals surface area (Å²) >= 11 is 1.66. The number of urea groups is 1. The van der Waals surface area contributed by atoms with Crippen LogP contribution in [0.2, 0.25) is 0 Å². The second-order valence-electron chi connectivity index (χ2n) is 6.61. The van der Waals surface area contributed by atoms with Gasteiger partial charge in [-0.05, 0) is 24.6 Å². The van der Waals surface area contributed by atoms with Gasteiger partial charge in [0.15, 0.2) is 0 Å². The van der Waals surface area contributed by atoms with Crippen LogP contribution in [0.4, 0.5) is 14.9 Å². The molecule has 0 saturated carbocycles. The predicted molar refractivity (Wildman–Crippen MR) is 97.8 cm³/mol. The highest BCUT2D eigenvalue weighted by Gasteiger charge is 2.29. The Labute approximate surface area is 159 Å². The molecular weight excluding hydrogens is 369 g/mol. The number of fused-ring (bicyclic) bond motifs is 3. The number of rotatable bonds is 1. The molecule has 1 aromatic heterocycles. The fourth-order valence-corrected chi connectivity index (χ4v) is 4.54. The minimum Gasteiger partial charge on any atom is -0.391 e. The highest BCUT2D eigenvalue weighted by molar-refractivity contribution is 7.99. The maximum absolute atomic E-state index is 13.4. The molecule has 1 aromatic carbocycles. The Bertz CT molecular complexity index is 939. The van der Waals surface area contributed by atoms with Crippen molar-refractivity contribution >= 4 is 23.5 Å². The molecule has 2 amide bonds. The van der Waals surface area contributed by atoms with E-state index in [1.54, 1.807) is 22.7 Å². The van der Waals surface area contributed by atoms with E-state index in [1.807, 2.05) is 4.68 Å². The van der Waals surface area contributed by atoms with E-state index in [9.17, 15) is 14.3 Å². The molecule has 7 nitrogen and oxygen atoms in total. The third-order valence-electron chi connectivity index (χ3n) is 4.75. The number of thioether (sulfide) groups is 1. The van der Waals surface area contributed by atoms with Crippen molar-refractivity contribution in [3.8, 4) is 6.07 Å². The summed E-state index contributed by atoms with van der Waals surface area (Å²) in [6, 6.07) is 5.40. The molecule has 0 aliphatic carbocycles. The van der Waals surface area contributed by atoms with Crippen LogP contribution in [0.3, 0.4) is 0 Å². The van der Waals surface area contributed by atoms with Crippen molar-refractivity contribution in [3.63, 3.8) is 0 Å². The largest absolute Gasteiger partial charge is 0.391 e. The second kappa shape index (κ2) is 7.21. The van der Waals surface area contributed by atoms with E-state index in [0.717, 1.165) is 28.5 Å². The van der Waals surface area contributed by atoms with Crippen LogP contribution in [-0.4, -0.2) is 44.2 Å². The highest BCUT2D eigenvalue weighted by Crippen LogP contribution is 2.33. The van der Waals surface area contributed by atoms with Gasteiger partial charge in [0.2, 0.25) is 0 Å². The number of anilines is 1. The van der Waals surface area contributed by atoms with E-state index < -0.39 is 11.9 Å². The fraction of sp³-hybridized carbons (Fsp3) is 0.389. The summed E-state index contributed by atoms with van der Waals surface area (Å²) in [6.07, 6.45) is 0.970. The molecule has 27 heavy (non-hydrogen) atoms. The van der Waals surface area contributed by atoms with Gasteiger partial charge < -0.3 is 15.3 Å². The average Bonchev–Trinajstić information content (AvgIpc) is 2.88. The SMILES string of the molecule is N#Cc1cc(NC(=O)N2CCc3nn4c(c3C2)SCCC(O)C4)ccc1F. The van der Waals surface area contributed by atoms with Crippen LogP contribution in [-0.2, 0) is 19.5 Å². The van der Waals surface area contributed by atoms with Gasteiger partial charge in [-0.1, -0.05) is 0 Å². The summed E-state index contributed by atoms with van der Waals surface area (Å²) in [5, 5.41) is 27.3. The third-order valence-corrected chi connectivity index (χ3v) is 5.92. The van der Waals surface area contributed by atoms with Gasteiger partial charge in [-0.2, -0.15) is 10.4 Å². The molecule has 1 unspecified atom stereocenters. The topological polar surface area (TPSA) is 94.2 Å². The number of hydrogen-bond donors (Lipinski definition) is 2. The van der Waals surface area contributed by atoms with Gasteiger partial charge in [-0.25, -0.2) is 9.18 Å². The van der Waals surface area contributed by atoms with E-state index >= 15 is 0 Å². The van der Waals surface area contributed by atoms with Gasteiger partial charge >= 0.3 is 6.03 Å². The molecule has 0 bridgehead atoms. The maximum atomic E-state index is 13.4. The van der Waals surface area contributed by atoms with E-state index in [2.05, 4.69) is 10.4 Å². The molecule has 3 heterocycles. The number of carbonyl (C=O) groups is 1. The molecule has 1 atom stereocenters. The minimum atomic E-state index is -0.611. The monoisotopic (exact) mass is 387 g/mol. The van der Waals surface area contributed by atoms with Crippen molar-refractivity contribution in [2.24, 2.45) is 0 Å². The number of amides is 2. The minimum absolute atomic E-state index is 0.106. The van der Waals surface area contributed by atoms with Crippen LogP contribution < -0.4 is 5.32 Å². The van der Waals surface area contributed by atoms with Crippen LogP contribution in [0.1, 0.15) is 23.2 Å². The zero-order valence-corrected chi connectivity index (χ0v) is 15.3. The molecule has 140 valence electrons. The lowest BCUT2D eigenvalue weighted by molar-refractivity contribution is 0.145. The van der Waals surface area contributed by atoms with Gasteiger partial charge in [0.25, 0.3) is 0 Å². The first-order valence-electron chi connectivity index (χ1n) is 8.70. The molecule has 0 spiro atoms. The Balaban J connectivity index is 1.51. The number of aliphatic hydroxyl groups is 1. The lowest BCUT2D eigenvalue weighted by Crippen LogP contribution is -2.38. The number of nitrogens with zero attached hydrogens (tertiary/aromatic N) is 4. The standard InChI is InChI=1S/C18H18FN5O2S/c19-15-2-1-12(7-11(15)8-20)21-18(26)23-5-3-16-14(10-23)17-24(22-16)9-13(25)4-6-27-17/h1-2,7,13,25H,3-6,9-10H2,(H,21,26). The number of nitrogens with one attached hydrogen (secondary N) is 1. The van der Waals surface area contributed by atoms with Gasteiger partial charge in [0.05, 0.1) is 35.5 Å². The molecule has 0 saturated heterocycles. The Kier molecular flexibility index (Phi) is 4.76. The van der Waals surface area contributed by atoms with E-state index in [-0.39, 0.29) is 11.6 Å². The number of halogens is 1. The summed E-state index contributed by atoms with van der Waals surface area (Å²) in [7, 11) is 0. The molecule has 2 aliphatic heterocycles. The summed E-state index contributed by atoms with van der Waals surface area (Å²) in [6.45, 7) is 1.44. The molecule has 9 heteroatoms. The van der Waals surface area contributed by atoms with Gasteiger partial charge in [-0.15, -0.1) is 11.8 Å². The first kappa shape index (κ1) is 17.8. The number of carbonyl (C=O) groups excluding carboxylic acids is 1. The first-order chi connectivity index (χ1) is 13.0. The van der Waals surface area contributed by atoms with Gasteiger partial charge in [-0.3, -0.25) is 4.68 Å². The Hall–Kier alpha value is -2.57. The summed E-state index contributed by atoms with van der Waals surface area (Å²) in [5.41, 5.74) is 2.29. The van der Waals surface area contributed by atoms with Crippen LogP contribution in [0, 0.1) is 17.1 Å². The van der Waals surface area contributed by atoms with Gasteiger partial charge in [0.1, 0.15) is 11.9 Å². The summed E-state index contributed by atoms with van der Waals surface area (Å²) in [5.74, 6) is 0.206. The van der Waals surface area contributed by atoms with Crippen molar-refractivity contribution in [3.05, 3.63) is 40.8 Å². The normalized spacial score (nSPS) is 18.9. The number of hydrogen-bond acceptors (Lipinski definition) is 5. The van der Waals surface area contributed by atoms with E-state index in [0.29, 0.717) is 31.7 Å². The Morgan fingerprint density at radius 1 is 1.48 bits per heavy atom. The van der Waals surface area contributed by atoms with Crippen molar-refractivity contribution in [1.82, 2.24) is 14.7 Å². The third kappa shape index (κ3) is 3.50. The van der Waals surface area contributed by atoms with Crippen LogP contribution in [0.5, 0.6) is 0 Å². The van der Waals surface area contributed by atoms with Crippen molar-refractivity contribution in [2.45, 2.75) is 37.1 Å². The Morgan fingerprint density at radius 3 is 3.15 bits per heavy atom. The van der Waals surface area contributed by atoms with Crippen LogP contribution >= 0.6 is 11.8 Å². The number of benzene rings is 1. The van der Waals surface area contributed by atoms with Crippen LogP contribution in [0.25, 0.3) is 0 Å². The number of aliphatic hydroxyl groups excluding tert-OH is 1. The fourth-order valence-electron chi connectivity index (χ4n) is 3.33. The highest BCUT2D eigenvalue weighted by atomic mass is 32.2. The molecule has 4 rings (SSSR count). The number of nitriles is 1. The van der Waals surface area contributed by atoms with Gasteiger partial charge in [0, 0.05) is 30.0 Å². The summed E-state index contributed by atoms with van der Waals surface area (Å²) in [4.78, 5) is 14.3. The quantitative estimate of drug-likeness (QED) is 0.783. The van der Waals surface area contributed by atoms with Crippen molar-refractivity contribution in [2.75, 3.05) is 17.6 Å². The molecule has 0 radical (unpaired) electrons. The number of aromatic nitrogens is 2. The molecule has 0 fully saturated rings. The lowest BCUT2D eigenvalue weighted by Gasteiger charge is -2.27. The molecular formula is C18H18FN5O2S.